The molecule has 8 atom stereocenters. The maximum absolute atomic E-state index is 14.3. The van der Waals surface area contributed by atoms with Gasteiger partial charge in [-0.25, -0.2) is 19.6 Å². The van der Waals surface area contributed by atoms with E-state index >= 15 is 0 Å². The van der Waals surface area contributed by atoms with E-state index in [1.165, 1.54) is 14.2 Å². The quantitative estimate of drug-likeness (QED) is 0.117. The van der Waals surface area contributed by atoms with Crippen molar-refractivity contribution in [3.63, 3.8) is 0 Å². The third-order valence-electron chi connectivity index (χ3n) is 13.5. The molecule has 6 heterocycles. The van der Waals surface area contributed by atoms with Crippen molar-refractivity contribution in [3.8, 4) is 33.6 Å². The van der Waals surface area contributed by atoms with Crippen LogP contribution >= 0.6 is 0 Å². The number of hydrogen-bond acceptors (Lipinski definition) is 12. The van der Waals surface area contributed by atoms with Gasteiger partial charge in [0.1, 0.15) is 23.7 Å². The van der Waals surface area contributed by atoms with Crippen LogP contribution in [-0.4, -0.2) is 129 Å². The largest absolute Gasteiger partial charge is 0.453 e. The average molecular weight is 939 g/mol. The number of ether oxygens (including phenoxy) is 6. The number of imidazole rings is 2. The first kappa shape index (κ1) is 48.6. The second-order valence-corrected chi connectivity index (χ2v) is 19.6. The summed E-state index contributed by atoms with van der Waals surface area (Å²) in [6, 6.07) is 13.6. The molecule has 2 aromatic carbocycles. The molecule has 4 aliphatic heterocycles. The normalized spacial score (nSPS) is 28.0. The highest BCUT2D eigenvalue weighted by Crippen LogP contribution is 2.46. The van der Waals surface area contributed by atoms with E-state index in [-0.39, 0.29) is 61.2 Å². The summed E-state index contributed by atoms with van der Waals surface area (Å²) in [5.41, 5.74) is 5.40. The number of carbonyl (C=O) groups is 4. The molecule has 18 nitrogen and oxygen atoms in total. The van der Waals surface area contributed by atoms with Crippen molar-refractivity contribution in [3.05, 3.63) is 72.6 Å². The van der Waals surface area contributed by atoms with Gasteiger partial charge in [-0.3, -0.25) is 9.59 Å². The van der Waals surface area contributed by atoms with Crippen molar-refractivity contribution in [2.24, 2.45) is 11.8 Å². The minimum absolute atomic E-state index is 0.0626. The number of aromatic amines is 2. The van der Waals surface area contributed by atoms with E-state index in [0.717, 1.165) is 46.5 Å². The van der Waals surface area contributed by atoms with E-state index < -0.39 is 47.9 Å². The van der Waals surface area contributed by atoms with E-state index in [2.05, 4.69) is 44.9 Å². The van der Waals surface area contributed by atoms with Gasteiger partial charge in [0.25, 0.3) is 0 Å². The SMILES string of the molecule is COC(=O)NC(C(=O)N1CC2(CC1c1ncc(-c3ccc(-c4ccc(-c5cnc(C6CC7(CN6C(=O)C(NC(=O)OC)C(C)C)OC(C)CC(C)O7)[nH]5)cc4)cc3)[nH]1)OC(C)CC(C)O2)C(C)C. The van der Waals surface area contributed by atoms with E-state index in [9.17, 15) is 19.2 Å². The zero-order valence-electron chi connectivity index (χ0n) is 40.7. The molecule has 8 unspecified atom stereocenters. The summed E-state index contributed by atoms with van der Waals surface area (Å²) in [6.45, 7) is 15.9. The van der Waals surface area contributed by atoms with Crippen LogP contribution in [0.2, 0.25) is 0 Å². The minimum Gasteiger partial charge on any atom is -0.453 e. The molecule has 0 radical (unpaired) electrons. The van der Waals surface area contributed by atoms with Gasteiger partial charge in [-0.1, -0.05) is 76.2 Å². The Labute approximate surface area is 397 Å². The monoisotopic (exact) mass is 938 g/mol. The number of likely N-dealkylation sites (tertiary alicyclic amines) is 2. The highest BCUT2D eigenvalue weighted by Gasteiger charge is 2.55. The lowest BCUT2D eigenvalue weighted by Crippen LogP contribution is -2.53. The van der Waals surface area contributed by atoms with Gasteiger partial charge in [-0.15, -0.1) is 0 Å². The lowest BCUT2D eigenvalue weighted by Gasteiger charge is -2.40. The van der Waals surface area contributed by atoms with Crippen molar-refractivity contribution in [2.45, 2.75) is 141 Å². The van der Waals surface area contributed by atoms with Gasteiger partial charge in [-0.2, -0.15) is 0 Å². The van der Waals surface area contributed by atoms with Crippen molar-refractivity contribution >= 4 is 24.0 Å². The Morgan fingerprint density at radius 1 is 0.588 bits per heavy atom. The van der Waals surface area contributed by atoms with E-state index in [0.29, 0.717) is 24.5 Å². The Kier molecular flexibility index (Phi) is 14.1. The van der Waals surface area contributed by atoms with Gasteiger partial charge in [-0.05, 0) is 74.6 Å². The van der Waals surface area contributed by atoms with Crippen LogP contribution in [0.1, 0.15) is 105 Å². The van der Waals surface area contributed by atoms with Crippen LogP contribution in [0.3, 0.4) is 0 Å². The first-order valence-corrected chi connectivity index (χ1v) is 23.7. The fourth-order valence-corrected chi connectivity index (χ4v) is 10.4. The van der Waals surface area contributed by atoms with Crippen LogP contribution < -0.4 is 10.6 Å². The molecule has 18 heteroatoms. The Balaban J connectivity index is 0.989. The van der Waals surface area contributed by atoms with Crippen LogP contribution in [0, 0.1) is 11.8 Å². The van der Waals surface area contributed by atoms with Crippen LogP contribution in [0.5, 0.6) is 0 Å². The Hall–Kier alpha value is -5.82. The second-order valence-electron chi connectivity index (χ2n) is 19.6. The van der Waals surface area contributed by atoms with Gasteiger partial charge in [0.05, 0.1) is 87.6 Å². The zero-order valence-corrected chi connectivity index (χ0v) is 40.7. The van der Waals surface area contributed by atoms with Gasteiger partial charge in [0, 0.05) is 12.8 Å². The number of carbonyl (C=O) groups excluding carboxylic acids is 4. The predicted molar refractivity (Wildman–Crippen MR) is 250 cm³/mol. The van der Waals surface area contributed by atoms with Gasteiger partial charge < -0.3 is 58.8 Å². The van der Waals surface area contributed by atoms with Crippen LogP contribution in [0.4, 0.5) is 9.59 Å². The summed E-state index contributed by atoms with van der Waals surface area (Å²) in [5.74, 6) is -1.83. The van der Waals surface area contributed by atoms with Gasteiger partial charge in [0.2, 0.25) is 11.8 Å². The van der Waals surface area contributed by atoms with Crippen molar-refractivity contribution in [1.82, 2.24) is 40.4 Å². The molecule has 2 spiro atoms. The first-order valence-electron chi connectivity index (χ1n) is 23.7. The summed E-state index contributed by atoms with van der Waals surface area (Å²) >= 11 is 0. The van der Waals surface area contributed by atoms with Crippen LogP contribution in [0.25, 0.3) is 33.6 Å². The lowest BCUT2D eigenvalue weighted by molar-refractivity contribution is -0.304. The minimum atomic E-state index is -1.02. The second kappa shape index (κ2) is 19.7. The summed E-state index contributed by atoms with van der Waals surface area (Å²) in [4.78, 5) is 73.1. The molecule has 68 heavy (non-hydrogen) atoms. The predicted octanol–water partition coefficient (Wildman–Crippen LogP) is 7.26. The number of benzene rings is 2. The Bertz CT molecular complexity index is 2250. The molecule has 8 rings (SSSR count). The number of rotatable bonds is 11. The van der Waals surface area contributed by atoms with E-state index in [1.807, 2.05) is 79.7 Å². The number of alkyl carbamates (subject to hydrolysis) is 2. The summed E-state index contributed by atoms with van der Waals surface area (Å²) in [5, 5.41) is 5.45. The molecule has 4 amide bonds. The van der Waals surface area contributed by atoms with Gasteiger partial charge >= 0.3 is 12.2 Å². The molecule has 4 fully saturated rings. The molecular formula is C50H66N8O10. The number of nitrogens with zero attached hydrogens (tertiary/aromatic N) is 4. The molecule has 4 aliphatic rings. The highest BCUT2D eigenvalue weighted by atomic mass is 16.7. The van der Waals surface area contributed by atoms with E-state index in [4.69, 9.17) is 38.4 Å². The Morgan fingerprint density at radius 3 is 1.22 bits per heavy atom. The first-order chi connectivity index (χ1) is 32.4. The number of nitrogens with one attached hydrogen (secondary N) is 4. The number of H-pyrrole nitrogens is 2. The molecule has 0 saturated carbocycles. The van der Waals surface area contributed by atoms with Crippen LogP contribution in [0.15, 0.2) is 60.9 Å². The summed E-state index contributed by atoms with van der Waals surface area (Å²) in [7, 11) is 2.55. The number of amides is 4. The third kappa shape index (κ3) is 10.1. The van der Waals surface area contributed by atoms with Crippen LogP contribution in [-0.2, 0) is 38.0 Å². The van der Waals surface area contributed by atoms with Gasteiger partial charge in [0.15, 0.2) is 11.6 Å². The molecule has 4 saturated heterocycles. The molecule has 0 bridgehead atoms. The fourth-order valence-electron chi connectivity index (χ4n) is 10.4. The fraction of sp³-hybridized carbons (Fsp3) is 0.560. The zero-order chi connectivity index (χ0) is 48.7. The number of aromatic nitrogens is 4. The van der Waals surface area contributed by atoms with E-state index in [1.54, 1.807) is 22.2 Å². The molecule has 4 N–H and O–H groups in total. The number of hydrogen-bond donors (Lipinski definition) is 4. The summed E-state index contributed by atoms with van der Waals surface area (Å²) < 4.78 is 35.4. The molecule has 4 aromatic rings. The molecular weight excluding hydrogens is 873 g/mol. The lowest BCUT2D eigenvalue weighted by atomic mass is 10.0. The Morgan fingerprint density at radius 2 is 0.912 bits per heavy atom. The van der Waals surface area contributed by atoms with Crippen molar-refractivity contribution in [1.29, 1.82) is 0 Å². The maximum atomic E-state index is 14.3. The molecule has 366 valence electrons. The molecule has 0 aliphatic carbocycles. The van der Waals surface area contributed by atoms with Crippen molar-refractivity contribution in [2.75, 3.05) is 27.3 Å². The number of methoxy groups -OCH3 is 2. The smallest absolute Gasteiger partial charge is 0.407 e. The molecule has 2 aromatic heterocycles. The average Bonchev–Trinajstić information content (AvgIpc) is 4.12. The third-order valence-corrected chi connectivity index (χ3v) is 13.5. The standard InChI is InChI=1S/C50H66N8O10/c1-27(2)41(55-47(61)63-9)45(59)57-25-49(65-29(5)19-30(6)66-49)21-39(57)43-51-23-37(53-43)35-15-11-33(12-16-35)34-13-17-36(18-14-34)38-24-52-44(54-38)40-22-50(67-31(7)20-32(8)68-50)26-58(40)46(60)42(28(3)4)56-48(62)64-10/h11-18,23-24,27-32,39-42H,19-22,25-26H2,1-10H3,(H,51,53)(H,52,54)(H,55,61)(H,56,62). The van der Waals surface area contributed by atoms with Crippen molar-refractivity contribution < 1.29 is 47.6 Å². The summed E-state index contributed by atoms with van der Waals surface area (Å²) in [6.07, 6.45) is 4.15. The maximum Gasteiger partial charge on any atom is 0.407 e. The topological polar surface area (TPSA) is 212 Å². The highest BCUT2D eigenvalue weighted by molar-refractivity contribution is 5.87.